The molecule has 8 nitrogen and oxygen atoms in total. The maximum absolute atomic E-state index is 14.7. The molecule has 1 N–H and O–H groups in total. The predicted molar refractivity (Wildman–Crippen MR) is 182 cm³/mol. The van der Waals surface area contributed by atoms with Gasteiger partial charge in [0.05, 0.1) is 17.7 Å². The molecule has 4 rings (SSSR count). The van der Waals surface area contributed by atoms with Crippen LogP contribution in [0.1, 0.15) is 43.0 Å². The van der Waals surface area contributed by atoms with E-state index in [2.05, 4.69) is 5.32 Å². The highest BCUT2D eigenvalue weighted by molar-refractivity contribution is 7.92. The Kier molecular flexibility index (Phi) is 10.9. The molecule has 0 unspecified atom stereocenters. The standard InChI is InChI=1S/C37H43N3O5S/c1-27-17-20-30(21-18-27)25-39(33(36(42)38-37(3,4)5)24-29-13-9-7-10-14-29)35(41)26-40(32-23-28(2)19-22-34(32)45-6)46(43,44)31-15-11-8-12-16-31/h7-23,33H,24-26H2,1-6H3,(H,38,42)/t33-/m1/s1. The fourth-order valence-corrected chi connectivity index (χ4v) is 6.56. The van der Waals surface area contributed by atoms with Crippen molar-refractivity contribution in [2.24, 2.45) is 0 Å². The van der Waals surface area contributed by atoms with Gasteiger partial charge in [-0.1, -0.05) is 84.4 Å². The van der Waals surface area contributed by atoms with Crippen LogP contribution in [0.3, 0.4) is 0 Å². The fraction of sp³-hybridized carbons (Fsp3) is 0.297. The number of benzene rings is 4. The minimum Gasteiger partial charge on any atom is -0.495 e. The zero-order chi connectivity index (χ0) is 33.5. The number of carbonyl (C=O) groups is 2. The molecule has 0 bridgehead atoms. The Morgan fingerprint density at radius 2 is 1.39 bits per heavy atom. The monoisotopic (exact) mass is 641 g/mol. The van der Waals surface area contributed by atoms with E-state index in [1.54, 1.807) is 30.3 Å². The van der Waals surface area contributed by atoms with Crippen LogP contribution in [0.2, 0.25) is 0 Å². The van der Waals surface area contributed by atoms with E-state index in [1.165, 1.54) is 24.1 Å². The summed E-state index contributed by atoms with van der Waals surface area (Å²) in [5.41, 5.74) is 3.19. The minimum atomic E-state index is -4.24. The van der Waals surface area contributed by atoms with E-state index in [4.69, 9.17) is 4.74 Å². The maximum atomic E-state index is 14.7. The van der Waals surface area contributed by atoms with Gasteiger partial charge in [-0.05, 0) is 75.6 Å². The lowest BCUT2D eigenvalue weighted by molar-refractivity contribution is -0.140. The minimum absolute atomic E-state index is 0.0303. The summed E-state index contributed by atoms with van der Waals surface area (Å²) < 4.78 is 35.2. The summed E-state index contributed by atoms with van der Waals surface area (Å²) in [5.74, 6) is -0.564. The number of hydrogen-bond donors (Lipinski definition) is 1. The zero-order valence-corrected chi connectivity index (χ0v) is 28.2. The highest BCUT2D eigenvalue weighted by Gasteiger charge is 2.36. The second-order valence-corrected chi connectivity index (χ2v) is 14.3. The molecule has 0 aliphatic rings. The van der Waals surface area contributed by atoms with Crippen molar-refractivity contribution < 1.29 is 22.7 Å². The van der Waals surface area contributed by atoms with Gasteiger partial charge in [-0.3, -0.25) is 13.9 Å². The molecule has 9 heteroatoms. The third kappa shape index (κ3) is 8.75. The molecule has 2 amide bonds. The van der Waals surface area contributed by atoms with E-state index in [0.29, 0.717) is 5.75 Å². The first kappa shape index (κ1) is 34.2. The van der Waals surface area contributed by atoms with Crippen molar-refractivity contribution >= 4 is 27.5 Å². The largest absolute Gasteiger partial charge is 0.495 e. The number of ether oxygens (including phenoxy) is 1. The van der Waals surface area contributed by atoms with E-state index in [-0.39, 0.29) is 29.5 Å². The van der Waals surface area contributed by atoms with Crippen LogP contribution in [-0.2, 0) is 32.6 Å². The van der Waals surface area contributed by atoms with Crippen LogP contribution in [0.5, 0.6) is 5.75 Å². The third-order valence-electron chi connectivity index (χ3n) is 7.46. The quantitative estimate of drug-likeness (QED) is 0.203. The Bertz CT molecular complexity index is 1740. The molecule has 4 aromatic rings. The van der Waals surface area contributed by atoms with Crippen molar-refractivity contribution in [3.05, 3.63) is 125 Å². The van der Waals surface area contributed by atoms with Crippen molar-refractivity contribution in [3.8, 4) is 5.75 Å². The van der Waals surface area contributed by atoms with E-state index in [0.717, 1.165) is 26.6 Å². The lowest BCUT2D eigenvalue weighted by atomic mass is 10.0. The summed E-state index contributed by atoms with van der Waals surface area (Å²) in [5, 5.41) is 3.05. The third-order valence-corrected chi connectivity index (χ3v) is 9.23. The molecule has 0 aliphatic carbocycles. The Labute approximate surface area is 273 Å². The van der Waals surface area contributed by atoms with Gasteiger partial charge in [0, 0.05) is 18.5 Å². The molecular weight excluding hydrogens is 598 g/mol. The molecule has 0 saturated heterocycles. The Morgan fingerprint density at radius 1 is 0.804 bits per heavy atom. The number of amides is 2. The number of aryl methyl sites for hydroxylation is 2. The molecule has 0 radical (unpaired) electrons. The summed E-state index contributed by atoms with van der Waals surface area (Å²) in [4.78, 5) is 30.2. The molecule has 46 heavy (non-hydrogen) atoms. The number of sulfonamides is 1. The van der Waals surface area contributed by atoms with Crippen molar-refractivity contribution in [2.45, 2.75) is 64.1 Å². The molecule has 0 heterocycles. The van der Waals surface area contributed by atoms with Gasteiger partial charge < -0.3 is 15.0 Å². The summed E-state index contributed by atoms with van der Waals surface area (Å²) >= 11 is 0. The summed E-state index contributed by atoms with van der Waals surface area (Å²) in [6.07, 6.45) is 0.236. The van der Waals surface area contributed by atoms with Gasteiger partial charge in [0.1, 0.15) is 18.3 Å². The van der Waals surface area contributed by atoms with E-state index in [1.807, 2.05) is 95.3 Å². The molecule has 0 saturated carbocycles. The number of nitrogens with zero attached hydrogens (tertiary/aromatic N) is 2. The van der Waals surface area contributed by atoms with Crippen LogP contribution in [0.25, 0.3) is 0 Å². The molecule has 0 spiro atoms. The van der Waals surface area contributed by atoms with Gasteiger partial charge in [-0.15, -0.1) is 0 Å². The molecule has 1 atom stereocenters. The second kappa shape index (κ2) is 14.6. The number of carbonyl (C=O) groups excluding carboxylic acids is 2. The van der Waals surface area contributed by atoms with Gasteiger partial charge in [0.2, 0.25) is 11.8 Å². The Morgan fingerprint density at radius 3 is 1.98 bits per heavy atom. The maximum Gasteiger partial charge on any atom is 0.264 e. The zero-order valence-electron chi connectivity index (χ0n) is 27.4. The van der Waals surface area contributed by atoms with Gasteiger partial charge in [0.15, 0.2) is 0 Å². The number of anilines is 1. The highest BCUT2D eigenvalue weighted by Crippen LogP contribution is 2.34. The molecule has 0 fully saturated rings. The molecule has 0 aromatic heterocycles. The van der Waals surface area contributed by atoms with Crippen LogP contribution in [0.15, 0.2) is 108 Å². The highest BCUT2D eigenvalue weighted by atomic mass is 32.2. The summed E-state index contributed by atoms with van der Waals surface area (Å²) in [6.45, 7) is 9.01. The molecule has 242 valence electrons. The smallest absolute Gasteiger partial charge is 0.264 e. The van der Waals surface area contributed by atoms with E-state index >= 15 is 0 Å². The normalized spacial score (nSPS) is 12.2. The van der Waals surface area contributed by atoms with Crippen molar-refractivity contribution in [2.75, 3.05) is 18.0 Å². The average molecular weight is 642 g/mol. The number of hydrogen-bond acceptors (Lipinski definition) is 5. The average Bonchev–Trinajstić information content (AvgIpc) is 3.02. The lowest BCUT2D eigenvalue weighted by Gasteiger charge is -2.35. The Hall–Kier alpha value is -4.63. The first-order chi connectivity index (χ1) is 21.8. The summed E-state index contributed by atoms with van der Waals surface area (Å²) in [6, 6.07) is 29.5. The fourth-order valence-electron chi connectivity index (χ4n) is 5.12. The second-order valence-electron chi connectivity index (χ2n) is 12.5. The van der Waals surface area contributed by atoms with Crippen LogP contribution in [-0.4, -0.2) is 50.4 Å². The van der Waals surface area contributed by atoms with Gasteiger partial charge in [-0.25, -0.2) is 8.42 Å². The van der Waals surface area contributed by atoms with Crippen LogP contribution in [0, 0.1) is 13.8 Å². The van der Waals surface area contributed by atoms with Crippen LogP contribution in [0.4, 0.5) is 5.69 Å². The SMILES string of the molecule is COc1ccc(C)cc1N(CC(=O)N(Cc1ccc(C)cc1)[C@H](Cc1ccccc1)C(=O)NC(C)(C)C)S(=O)(=O)c1ccccc1. The van der Waals surface area contributed by atoms with E-state index in [9.17, 15) is 18.0 Å². The van der Waals surface area contributed by atoms with Crippen LogP contribution >= 0.6 is 0 Å². The van der Waals surface area contributed by atoms with Gasteiger partial charge in [-0.2, -0.15) is 0 Å². The van der Waals surface area contributed by atoms with E-state index < -0.39 is 34.1 Å². The van der Waals surface area contributed by atoms with Gasteiger partial charge in [0.25, 0.3) is 10.0 Å². The molecular formula is C37H43N3O5S. The number of methoxy groups -OCH3 is 1. The van der Waals surface area contributed by atoms with Crippen LogP contribution < -0.4 is 14.4 Å². The molecule has 0 aliphatic heterocycles. The van der Waals surface area contributed by atoms with Crippen molar-refractivity contribution in [1.29, 1.82) is 0 Å². The van der Waals surface area contributed by atoms with Crippen molar-refractivity contribution in [3.63, 3.8) is 0 Å². The number of rotatable bonds is 12. The first-order valence-electron chi connectivity index (χ1n) is 15.2. The van der Waals surface area contributed by atoms with Gasteiger partial charge >= 0.3 is 0 Å². The lowest BCUT2D eigenvalue weighted by Crippen LogP contribution is -2.56. The number of nitrogens with one attached hydrogen (secondary N) is 1. The van der Waals surface area contributed by atoms with Crippen molar-refractivity contribution in [1.82, 2.24) is 10.2 Å². The first-order valence-corrected chi connectivity index (χ1v) is 16.7. The molecule has 4 aromatic carbocycles. The summed E-state index contributed by atoms with van der Waals surface area (Å²) in [7, 11) is -2.78. The predicted octanol–water partition coefficient (Wildman–Crippen LogP) is 6.06. The Balaban J connectivity index is 1.85. The topological polar surface area (TPSA) is 96.0 Å².